The van der Waals surface area contributed by atoms with Crippen molar-refractivity contribution in [3.63, 3.8) is 0 Å². The highest BCUT2D eigenvalue weighted by Gasteiger charge is 2.15. The smallest absolute Gasteiger partial charge is 0.293 e. The molecule has 1 radical (unpaired) electrons. The molecule has 103 valence electrons. The van der Waals surface area contributed by atoms with Crippen LogP contribution in [0.4, 0.5) is 4.39 Å². The molecule has 0 atom stereocenters. The first-order chi connectivity index (χ1) is 9.60. The second-order valence-electron chi connectivity index (χ2n) is 5.12. The monoisotopic (exact) mass is 272 g/mol. The van der Waals surface area contributed by atoms with Gasteiger partial charge in [-0.25, -0.2) is 4.39 Å². The van der Waals surface area contributed by atoms with Crippen LogP contribution >= 0.6 is 0 Å². The van der Waals surface area contributed by atoms with Crippen molar-refractivity contribution < 1.29 is 14.2 Å². The fraction of sp³-hybridized carbons (Fsp3) is 0.357. The number of carbonyl (C=O) groups excluding carboxylic acids is 1. The Morgan fingerprint density at radius 3 is 2.90 bits per heavy atom. The van der Waals surface area contributed by atoms with Crippen molar-refractivity contribution in [2.24, 2.45) is 0 Å². The van der Waals surface area contributed by atoms with Crippen molar-refractivity contribution in [2.45, 2.75) is 19.6 Å². The maximum atomic E-state index is 14.0. The number of halogens is 1. The van der Waals surface area contributed by atoms with E-state index in [0.29, 0.717) is 18.4 Å². The molecule has 3 nitrogen and oxygen atoms in total. The molecule has 6 heteroatoms. The molecule has 0 amide bonds. The van der Waals surface area contributed by atoms with Gasteiger partial charge < -0.3 is 14.6 Å². The highest BCUT2D eigenvalue weighted by atomic mass is 19.1. The minimum atomic E-state index is -0.545. The van der Waals surface area contributed by atoms with Crippen molar-refractivity contribution >= 4 is 26.1 Å². The van der Waals surface area contributed by atoms with Gasteiger partial charge in [0.2, 0.25) is 0 Å². The molecule has 20 heavy (non-hydrogen) atoms. The van der Waals surface area contributed by atoms with Crippen LogP contribution in [-0.4, -0.2) is 43.4 Å². The minimum absolute atomic E-state index is 0.272. The topological polar surface area (TPSA) is 40.5 Å². The zero-order valence-corrected chi connectivity index (χ0v) is 11.6. The van der Waals surface area contributed by atoms with Gasteiger partial charge in [0, 0.05) is 6.54 Å². The zero-order valence-electron chi connectivity index (χ0n) is 11.6. The summed E-state index contributed by atoms with van der Waals surface area (Å²) in [6, 6.07) is 5.16. The van der Waals surface area contributed by atoms with Crippen LogP contribution in [0.2, 0.25) is 6.82 Å². The van der Waals surface area contributed by atoms with E-state index in [-0.39, 0.29) is 5.82 Å². The Labute approximate surface area is 119 Å². The Hall–Kier alpha value is -1.39. The average Bonchev–Trinajstić information content (AvgIpc) is 2.42. The van der Waals surface area contributed by atoms with Gasteiger partial charge in [-0.15, -0.1) is 0 Å². The van der Waals surface area contributed by atoms with E-state index in [1.54, 1.807) is 12.9 Å². The molecule has 0 spiro atoms. The second-order valence-corrected chi connectivity index (χ2v) is 5.12. The first-order valence-electron chi connectivity index (χ1n) is 6.78. The van der Waals surface area contributed by atoms with E-state index in [1.165, 1.54) is 13.5 Å². The summed E-state index contributed by atoms with van der Waals surface area (Å²) in [6.45, 7) is 2.54. The van der Waals surface area contributed by atoms with Crippen molar-refractivity contribution in [1.29, 1.82) is 0 Å². The lowest BCUT2D eigenvalue weighted by molar-refractivity contribution is 0.487. The van der Waals surface area contributed by atoms with Gasteiger partial charge in [-0.05, 0) is 42.1 Å². The average molecular weight is 272 g/mol. The number of hydrogen-bond donors (Lipinski definition) is 1. The van der Waals surface area contributed by atoms with Gasteiger partial charge in [-0.2, -0.15) is 0 Å². The van der Waals surface area contributed by atoms with Crippen LogP contribution < -0.4 is 0 Å². The normalized spacial score (nSPS) is 15.7. The molecule has 1 aromatic carbocycles. The van der Waals surface area contributed by atoms with E-state index < -0.39 is 6.92 Å². The van der Waals surface area contributed by atoms with Gasteiger partial charge >= 0.3 is 0 Å². The van der Waals surface area contributed by atoms with E-state index in [2.05, 4.69) is 0 Å². The lowest BCUT2D eigenvalue weighted by atomic mass is 9.66. The lowest BCUT2D eigenvalue weighted by Crippen LogP contribution is -2.32. The van der Waals surface area contributed by atoms with Crippen LogP contribution in [0.5, 0.6) is 0 Å². The maximum absolute atomic E-state index is 14.0. The van der Waals surface area contributed by atoms with E-state index in [1.807, 2.05) is 17.0 Å². The largest absolute Gasteiger partial charge is 0.450 e. The Morgan fingerprint density at radius 2 is 2.35 bits per heavy atom. The fourth-order valence-corrected chi connectivity index (χ4v) is 2.40. The molecule has 2 rings (SSSR count). The highest BCUT2D eigenvalue weighted by molar-refractivity contribution is 6.64. The fourth-order valence-electron chi connectivity index (χ4n) is 2.40. The first-order valence-corrected chi connectivity index (χ1v) is 6.78. The molecule has 0 saturated heterocycles. The van der Waals surface area contributed by atoms with Gasteiger partial charge in [0.1, 0.15) is 5.82 Å². The Balaban J connectivity index is 2.10. The van der Waals surface area contributed by atoms with Gasteiger partial charge in [-0.3, -0.25) is 0 Å². The summed E-state index contributed by atoms with van der Waals surface area (Å²) in [6.07, 6.45) is 3.92. The molecule has 0 saturated carbocycles. The quantitative estimate of drug-likeness (QED) is 0.651. The first kappa shape index (κ1) is 15.0. The number of carbonyl (C=O) groups is 1. The summed E-state index contributed by atoms with van der Waals surface area (Å²) >= 11 is 0. The Morgan fingerprint density at radius 1 is 1.55 bits per heavy atom. The van der Waals surface area contributed by atoms with E-state index >= 15 is 0 Å². The third-order valence-corrected chi connectivity index (χ3v) is 3.45. The molecule has 0 aliphatic carbocycles. The van der Waals surface area contributed by atoms with Crippen LogP contribution in [0.1, 0.15) is 17.5 Å². The van der Waals surface area contributed by atoms with Crippen LogP contribution in [0.25, 0.3) is 5.57 Å². The second kappa shape index (κ2) is 6.86. The van der Waals surface area contributed by atoms with Gasteiger partial charge in [0.25, 0.3) is 14.3 Å². The molecule has 1 N–H and O–H groups in total. The number of hydrogen-bond acceptors (Lipinski definition) is 3. The summed E-state index contributed by atoms with van der Waals surface area (Å²) in [5.41, 5.74) is 2.52. The number of rotatable bonds is 5. The molecule has 0 unspecified atom stereocenters. The van der Waals surface area contributed by atoms with Crippen molar-refractivity contribution in [3.8, 4) is 0 Å². The van der Waals surface area contributed by atoms with E-state index in [9.17, 15) is 14.2 Å². The highest BCUT2D eigenvalue weighted by Crippen LogP contribution is 2.24. The lowest BCUT2D eigenvalue weighted by Gasteiger charge is -2.24. The molecule has 0 aromatic heterocycles. The van der Waals surface area contributed by atoms with Crippen LogP contribution in [-0.2, 0) is 11.1 Å². The van der Waals surface area contributed by atoms with Gasteiger partial charge in [0.05, 0.1) is 6.19 Å². The zero-order chi connectivity index (χ0) is 14.5. The molecule has 1 aliphatic rings. The van der Waals surface area contributed by atoms with Crippen molar-refractivity contribution in [3.05, 3.63) is 41.2 Å². The molecule has 1 aromatic rings. The third-order valence-electron chi connectivity index (χ3n) is 3.45. The van der Waals surface area contributed by atoms with Crippen LogP contribution in [0.15, 0.2) is 24.3 Å². The molecule has 1 heterocycles. The molecular weight excluding hydrogens is 255 g/mol. The summed E-state index contributed by atoms with van der Waals surface area (Å²) in [5, 5.41) is 9.31. The SMILES string of the molecule is CB(O)Cc1ccc(C2=CCN([B]C=O)CC2)cc1F. The minimum Gasteiger partial charge on any atom is -0.450 e. The van der Waals surface area contributed by atoms with Crippen molar-refractivity contribution in [1.82, 2.24) is 4.81 Å². The van der Waals surface area contributed by atoms with E-state index in [0.717, 1.165) is 30.3 Å². The van der Waals surface area contributed by atoms with Crippen LogP contribution in [0, 0.1) is 5.82 Å². The van der Waals surface area contributed by atoms with Crippen molar-refractivity contribution in [2.75, 3.05) is 13.1 Å². The molecular formula is C14H17B2FNO2. The summed E-state index contributed by atoms with van der Waals surface area (Å²) in [5.74, 6) is -0.272. The number of nitrogens with zero attached hydrogens (tertiary/aromatic N) is 1. The molecule has 0 bridgehead atoms. The third kappa shape index (κ3) is 3.81. The summed E-state index contributed by atoms with van der Waals surface area (Å²) < 4.78 is 14.0. The van der Waals surface area contributed by atoms with E-state index in [4.69, 9.17) is 0 Å². The summed E-state index contributed by atoms with van der Waals surface area (Å²) in [7, 11) is 1.53. The standard InChI is InChI=1S/C14H17B2FNO2/c1-16(20)9-13-3-2-12(8-14(13)17)11-4-6-18(7-5-11)15-10-19/h2-4,8,10,20H,5-7,9H2,1H3. The van der Waals surface area contributed by atoms with Crippen LogP contribution in [0.3, 0.4) is 0 Å². The van der Waals surface area contributed by atoms with Gasteiger partial charge in [0.15, 0.2) is 0 Å². The van der Waals surface area contributed by atoms with Gasteiger partial charge in [-0.1, -0.05) is 25.0 Å². The predicted molar refractivity (Wildman–Crippen MR) is 80.6 cm³/mol. The Bertz CT molecular complexity index is 520. The predicted octanol–water partition coefficient (Wildman–Crippen LogP) is 1.42. The molecule has 1 aliphatic heterocycles. The molecule has 0 fully saturated rings. The number of benzene rings is 1. The Kier molecular flexibility index (Phi) is 5.15. The summed E-state index contributed by atoms with van der Waals surface area (Å²) in [4.78, 5) is 12.3. The maximum Gasteiger partial charge on any atom is 0.293 e.